The zero-order valence-corrected chi connectivity index (χ0v) is 37.0. The molecule has 3 aromatic heterocycles. The Hall–Kier alpha value is -7.80. The van der Waals surface area contributed by atoms with Crippen molar-refractivity contribution in [3.63, 3.8) is 0 Å². The van der Waals surface area contributed by atoms with E-state index in [-0.39, 0.29) is 5.41 Å². The third-order valence-electron chi connectivity index (χ3n) is 13.7. The van der Waals surface area contributed by atoms with Crippen LogP contribution >= 0.6 is 0 Å². The van der Waals surface area contributed by atoms with Crippen LogP contribution in [0.2, 0.25) is 0 Å². The number of anilines is 3. The quantitative estimate of drug-likeness (QED) is 0.119. The van der Waals surface area contributed by atoms with Crippen LogP contribution < -0.4 is 25.6 Å². The highest BCUT2D eigenvalue weighted by molar-refractivity contribution is 7.20. The van der Waals surface area contributed by atoms with Crippen LogP contribution in [0.25, 0.3) is 50.0 Å². The summed E-state index contributed by atoms with van der Waals surface area (Å²) in [5, 5.41) is 7.63. The zero-order chi connectivity index (χ0) is 43.0. The molecule has 4 heterocycles. The summed E-state index contributed by atoms with van der Waals surface area (Å²) in [5.74, 6) is 1.85. The van der Waals surface area contributed by atoms with E-state index < -0.39 is 8.07 Å². The van der Waals surface area contributed by atoms with E-state index in [4.69, 9.17) is 9.97 Å². The Morgan fingerprint density at radius 1 is 0.500 bits per heavy atom. The first-order valence-electron chi connectivity index (χ1n) is 22.1. The van der Waals surface area contributed by atoms with E-state index in [2.05, 4.69) is 241 Å². The fourth-order valence-electron chi connectivity index (χ4n) is 10.8. The van der Waals surface area contributed by atoms with Gasteiger partial charge >= 0.3 is 0 Å². The van der Waals surface area contributed by atoms with E-state index in [9.17, 15) is 0 Å². The summed E-state index contributed by atoms with van der Waals surface area (Å²) < 4.78 is 4.68. The number of hydrogen-bond donors (Lipinski definition) is 0. The van der Waals surface area contributed by atoms with Crippen LogP contribution in [0.4, 0.5) is 17.1 Å². The number of nitrogens with zero attached hydrogens (tertiary/aromatic N) is 5. The summed E-state index contributed by atoms with van der Waals surface area (Å²) in [6, 6.07) is 78.0. The van der Waals surface area contributed by atoms with Crippen molar-refractivity contribution in [3.8, 4) is 17.2 Å². The van der Waals surface area contributed by atoms with Crippen molar-refractivity contribution in [2.45, 2.75) is 19.3 Å². The smallest absolute Gasteiger partial charge is 0.179 e. The van der Waals surface area contributed by atoms with Crippen molar-refractivity contribution in [2.24, 2.45) is 7.05 Å². The van der Waals surface area contributed by atoms with Crippen molar-refractivity contribution >= 4 is 78.7 Å². The molecule has 12 rings (SSSR count). The molecule has 0 radical (unpaired) electrons. The molecule has 64 heavy (non-hydrogen) atoms. The zero-order valence-electron chi connectivity index (χ0n) is 36.0. The predicted molar refractivity (Wildman–Crippen MR) is 269 cm³/mol. The molecule has 1 aliphatic heterocycles. The first-order valence-corrected chi connectivity index (χ1v) is 24.1. The molecule has 6 heteroatoms. The van der Waals surface area contributed by atoms with Gasteiger partial charge in [0.15, 0.2) is 8.07 Å². The summed E-state index contributed by atoms with van der Waals surface area (Å²) in [4.78, 5) is 12.8. The monoisotopic (exact) mass is 839 g/mol. The number of fused-ring (bicyclic) bond motifs is 7. The maximum atomic E-state index is 5.18. The second-order valence-corrected chi connectivity index (χ2v) is 21.3. The number of hydrogen-bond acceptors (Lipinski definition) is 3. The molecule has 5 nitrogen and oxygen atoms in total. The fraction of sp³-hybridized carbons (Fsp3) is 0.0690. The third-order valence-corrected chi connectivity index (χ3v) is 18.4. The van der Waals surface area contributed by atoms with E-state index in [1.807, 2.05) is 12.3 Å². The summed E-state index contributed by atoms with van der Waals surface area (Å²) in [6.07, 6.45) is 1.92. The van der Waals surface area contributed by atoms with Gasteiger partial charge in [-0.05, 0) is 80.9 Å². The lowest BCUT2D eigenvalue weighted by atomic mass is 9.72. The van der Waals surface area contributed by atoms with Gasteiger partial charge in [-0.2, -0.15) is 0 Å². The SMILES string of the molecule is Cn1c(-c2cccc([Si](c3ccccc3)(c3ccccc3)c3ccc4c5ccc6c(c5n(-c5ccccn5)c4c3)C(C)(C)c3ccccc3N6c3ccccc3)c2)nc2ccccc21. The van der Waals surface area contributed by atoms with Gasteiger partial charge in [0.2, 0.25) is 0 Å². The average molecular weight is 840 g/mol. The number of benzene rings is 8. The highest BCUT2D eigenvalue weighted by Gasteiger charge is 2.43. The topological polar surface area (TPSA) is 38.9 Å². The molecule has 0 saturated carbocycles. The number of rotatable bonds is 7. The molecule has 0 aliphatic carbocycles. The average Bonchev–Trinajstić information content (AvgIpc) is 3.87. The van der Waals surface area contributed by atoms with E-state index in [1.54, 1.807) is 0 Å². The Bertz CT molecular complexity index is 3500. The van der Waals surface area contributed by atoms with Crippen LogP contribution in [-0.4, -0.2) is 27.2 Å². The van der Waals surface area contributed by atoms with Crippen LogP contribution in [-0.2, 0) is 12.5 Å². The van der Waals surface area contributed by atoms with Crippen molar-refractivity contribution in [2.75, 3.05) is 4.90 Å². The van der Waals surface area contributed by atoms with Crippen LogP contribution in [0.3, 0.4) is 0 Å². The van der Waals surface area contributed by atoms with Crippen LogP contribution in [0.15, 0.2) is 219 Å². The van der Waals surface area contributed by atoms with Gasteiger partial charge in [0.1, 0.15) is 11.6 Å². The Labute approximate surface area is 374 Å². The van der Waals surface area contributed by atoms with Crippen LogP contribution in [0.1, 0.15) is 25.0 Å². The van der Waals surface area contributed by atoms with Crippen molar-refractivity contribution < 1.29 is 0 Å². The minimum absolute atomic E-state index is 0.344. The van der Waals surface area contributed by atoms with Gasteiger partial charge in [-0.3, -0.25) is 4.57 Å². The molecule has 0 saturated heterocycles. The molecule has 0 unspecified atom stereocenters. The van der Waals surface area contributed by atoms with E-state index in [1.165, 1.54) is 59.5 Å². The van der Waals surface area contributed by atoms with E-state index in [0.29, 0.717) is 0 Å². The third kappa shape index (κ3) is 5.55. The Kier molecular flexibility index (Phi) is 8.68. The molecule has 0 amide bonds. The van der Waals surface area contributed by atoms with Gasteiger partial charge in [0.25, 0.3) is 0 Å². The lowest BCUT2D eigenvalue weighted by Crippen LogP contribution is -2.74. The largest absolute Gasteiger partial charge is 0.327 e. The van der Waals surface area contributed by atoms with Crippen LogP contribution in [0.5, 0.6) is 0 Å². The number of pyridine rings is 1. The second-order valence-electron chi connectivity index (χ2n) is 17.5. The summed E-state index contributed by atoms with van der Waals surface area (Å²) in [5.41, 5.74) is 11.3. The maximum absolute atomic E-state index is 5.18. The minimum Gasteiger partial charge on any atom is -0.327 e. The fourth-order valence-corrected chi connectivity index (χ4v) is 15.6. The molecule has 0 N–H and O–H groups in total. The number of imidazole rings is 1. The lowest BCUT2D eigenvalue weighted by molar-refractivity contribution is 0.635. The van der Waals surface area contributed by atoms with E-state index in [0.717, 1.165) is 39.4 Å². The van der Waals surface area contributed by atoms with Crippen LogP contribution in [0, 0.1) is 0 Å². The molecule has 0 fully saturated rings. The summed E-state index contributed by atoms with van der Waals surface area (Å²) >= 11 is 0. The molecular formula is C58H45N5Si. The molecule has 11 aromatic rings. The van der Waals surface area contributed by atoms with Gasteiger partial charge in [-0.25, -0.2) is 9.97 Å². The minimum atomic E-state index is -3.05. The van der Waals surface area contributed by atoms with Crippen molar-refractivity contribution in [1.82, 2.24) is 19.1 Å². The van der Waals surface area contributed by atoms with E-state index >= 15 is 0 Å². The van der Waals surface area contributed by atoms with Gasteiger partial charge < -0.3 is 9.47 Å². The normalized spacial score (nSPS) is 13.3. The number of para-hydroxylation sites is 4. The maximum Gasteiger partial charge on any atom is 0.179 e. The predicted octanol–water partition coefficient (Wildman–Crippen LogP) is 11.2. The highest BCUT2D eigenvalue weighted by Crippen LogP contribution is 2.55. The molecule has 0 atom stereocenters. The Morgan fingerprint density at radius 3 is 1.88 bits per heavy atom. The van der Waals surface area contributed by atoms with Gasteiger partial charge in [-0.1, -0.05) is 172 Å². The summed E-state index contributed by atoms with van der Waals surface area (Å²) in [6.45, 7) is 4.78. The number of aryl methyl sites for hydroxylation is 1. The van der Waals surface area contributed by atoms with Gasteiger partial charge in [0.05, 0.1) is 33.4 Å². The standard InChI is InChI=1S/C58H45N5Si/c1-58(2)48-28-13-15-30-50(48)62(41-21-7-4-8-22-41)52-36-35-47-46-34-33-45(39-53(46)63(56(47)55(52)58)54-32-17-18-37-59-54)64(42-23-9-5-10-24-42,43-25-11-6-12-26-43)44-27-19-20-40(38-44)57-60-49-29-14-16-31-51(49)61(57)3/h4-39H,1-3H3. The first kappa shape index (κ1) is 37.9. The van der Waals surface area contributed by atoms with Gasteiger partial charge in [0, 0.05) is 46.2 Å². The molecule has 0 bridgehead atoms. The Morgan fingerprint density at radius 2 is 1.14 bits per heavy atom. The molecule has 8 aromatic carbocycles. The number of aromatic nitrogens is 4. The molecule has 0 spiro atoms. The first-order chi connectivity index (χ1) is 31.4. The lowest BCUT2D eigenvalue weighted by Gasteiger charge is -2.42. The molecule has 1 aliphatic rings. The van der Waals surface area contributed by atoms with Gasteiger partial charge in [-0.15, -0.1) is 0 Å². The van der Waals surface area contributed by atoms with Crippen molar-refractivity contribution in [3.05, 3.63) is 230 Å². The molecular weight excluding hydrogens is 795 g/mol. The molecule has 306 valence electrons. The highest BCUT2D eigenvalue weighted by atomic mass is 28.3. The Balaban J connectivity index is 1.19. The van der Waals surface area contributed by atoms with Crippen molar-refractivity contribution in [1.29, 1.82) is 0 Å². The summed E-state index contributed by atoms with van der Waals surface area (Å²) in [7, 11) is -0.926. The second kappa shape index (κ2) is 14.7.